The largest absolute Gasteiger partial charge is 0.454 e. The first-order valence-corrected chi connectivity index (χ1v) is 5.95. The molecule has 0 aliphatic carbocycles. The van der Waals surface area contributed by atoms with Crippen LogP contribution in [0.3, 0.4) is 0 Å². The van der Waals surface area contributed by atoms with Gasteiger partial charge in [0.05, 0.1) is 0 Å². The molecule has 1 aromatic heterocycles. The summed E-state index contributed by atoms with van der Waals surface area (Å²) in [6.45, 7) is 4.50. The molecule has 3 rings (SSSR count). The summed E-state index contributed by atoms with van der Waals surface area (Å²) >= 11 is 0. The standard InChI is InChI=1S/C13H14N2O3/c1-8(2)5-12-14-15-13(18-12)9-3-4-10-11(6-9)17-7-16-10/h3-4,6,8H,5,7H2,1-2H3. The van der Waals surface area contributed by atoms with E-state index in [2.05, 4.69) is 24.0 Å². The second-order valence-electron chi connectivity index (χ2n) is 4.67. The highest BCUT2D eigenvalue weighted by atomic mass is 16.7. The van der Waals surface area contributed by atoms with Gasteiger partial charge in [0.1, 0.15) is 0 Å². The Morgan fingerprint density at radius 2 is 2.00 bits per heavy atom. The molecule has 5 heteroatoms. The minimum absolute atomic E-state index is 0.265. The summed E-state index contributed by atoms with van der Waals surface area (Å²) in [7, 11) is 0. The highest BCUT2D eigenvalue weighted by molar-refractivity contribution is 5.60. The van der Waals surface area contributed by atoms with Crippen molar-refractivity contribution < 1.29 is 13.9 Å². The molecule has 1 aliphatic heterocycles. The molecule has 2 aromatic rings. The van der Waals surface area contributed by atoms with Crippen LogP contribution in [0.1, 0.15) is 19.7 Å². The normalized spacial score (nSPS) is 13.3. The van der Waals surface area contributed by atoms with Crippen molar-refractivity contribution in [2.75, 3.05) is 6.79 Å². The molecule has 0 amide bonds. The first-order valence-electron chi connectivity index (χ1n) is 5.95. The molecule has 0 atom stereocenters. The smallest absolute Gasteiger partial charge is 0.247 e. The molecule has 0 N–H and O–H groups in total. The van der Waals surface area contributed by atoms with Crippen molar-refractivity contribution >= 4 is 0 Å². The van der Waals surface area contributed by atoms with Crippen molar-refractivity contribution in [2.24, 2.45) is 5.92 Å². The Morgan fingerprint density at radius 1 is 1.17 bits per heavy atom. The van der Waals surface area contributed by atoms with Gasteiger partial charge in [0.2, 0.25) is 18.6 Å². The second kappa shape index (κ2) is 4.33. The number of ether oxygens (including phenoxy) is 2. The predicted molar refractivity (Wildman–Crippen MR) is 64.4 cm³/mol. The summed E-state index contributed by atoms with van der Waals surface area (Å²) < 4.78 is 16.2. The molecule has 1 aliphatic rings. The fourth-order valence-electron chi connectivity index (χ4n) is 1.83. The first kappa shape index (κ1) is 11.1. The lowest BCUT2D eigenvalue weighted by Crippen LogP contribution is -1.93. The molecule has 0 radical (unpaired) electrons. The van der Waals surface area contributed by atoms with E-state index in [-0.39, 0.29) is 6.79 Å². The van der Waals surface area contributed by atoms with E-state index in [4.69, 9.17) is 13.9 Å². The number of benzene rings is 1. The average Bonchev–Trinajstić information content (AvgIpc) is 2.95. The van der Waals surface area contributed by atoms with Crippen LogP contribution in [0.25, 0.3) is 11.5 Å². The molecule has 0 fully saturated rings. The molecule has 1 aromatic carbocycles. The Labute approximate surface area is 105 Å². The molecule has 0 bridgehead atoms. The van der Waals surface area contributed by atoms with Gasteiger partial charge in [0, 0.05) is 12.0 Å². The Balaban J connectivity index is 1.88. The lowest BCUT2D eigenvalue weighted by atomic mass is 10.1. The molecule has 5 nitrogen and oxygen atoms in total. The second-order valence-corrected chi connectivity index (χ2v) is 4.67. The van der Waals surface area contributed by atoms with Crippen LogP contribution in [-0.4, -0.2) is 17.0 Å². The highest BCUT2D eigenvalue weighted by Gasteiger charge is 2.16. The van der Waals surface area contributed by atoms with Gasteiger partial charge in [0.15, 0.2) is 11.5 Å². The van der Waals surface area contributed by atoms with E-state index in [1.807, 2.05) is 18.2 Å². The molecule has 2 heterocycles. The van der Waals surface area contributed by atoms with Crippen LogP contribution in [0, 0.1) is 5.92 Å². The Hall–Kier alpha value is -2.04. The van der Waals surface area contributed by atoms with E-state index in [1.54, 1.807) is 0 Å². The van der Waals surface area contributed by atoms with Crippen LogP contribution in [0.4, 0.5) is 0 Å². The zero-order valence-electron chi connectivity index (χ0n) is 10.3. The molecule has 0 saturated heterocycles. The predicted octanol–water partition coefficient (Wildman–Crippen LogP) is 2.66. The fraction of sp³-hybridized carbons (Fsp3) is 0.385. The summed E-state index contributed by atoms with van der Waals surface area (Å²) in [6.07, 6.45) is 0.789. The van der Waals surface area contributed by atoms with Gasteiger partial charge in [-0.15, -0.1) is 10.2 Å². The van der Waals surface area contributed by atoms with Gasteiger partial charge >= 0.3 is 0 Å². The third-order valence-corrected chi connectivity index (χ3v) is 2.67. The summed E-state index contributed by atoms with van der Waals surface area (Å²) in [5, 5.41) is 8.09. The van der Waals surface area contributed by atoms with Gasteiger partial charge in [-0.2, -0.15) is 0 Å². The number of hydrogen-bond acceptors (Lipinski definition) is 5. The van der Waals surface area contributed by atoms with E-state index in [0.29, 0.717) is 17.7 Å². The van der Waals surface area contributed by atoms with E-state index in [9.17, 15) is 0 Å². The molecule has 0 saturated carbocycles. The number of fused-ring (bicyclic) bond motifs is 1. The zero-order valence-corrected chi connectivity index (χ0v) is 10.3. The highest BCUT2D eigenvalue weighted by Crippen LogP contribution is 2.35. The maximum absolute atomic E-state index is 5.62. The third-order valence-electron chi connectivity index (χ3n) is 2.67. The van der Waals surface area contributed by atoms with Gasteiger partial charge in [-0.1, -0.05) is 13.8 Å². The monoisotopic (exact) mass is 246 g/mol. The lowest BCUT2D eigenvalue weighted by molar-refractivity contribution is 0.174. The maximum Gasteiger partial charge on any atom is 0.247 e. The quantitative estimate of drug-likeness (QED) is 0.833. The van der Waals surface area contributed by atoms with E-state index >= 15 is 0 Å². The average molecular weight is 246 g/mol. The zero-order chi connectivity index (χ0) is 12.5. The summed E-state index contributed by atoms with van der Waals surface area (Å²) in [6, 6.07) is 5.60. The van der Waals surface area contributed by atoms with Crippen molar-refractivity contribution in [3.05, 3.63) is 24.1 Å². The Bertz CT molecular complexity index is 563. The van der Waals surface area contributed by atoms with Gasteiger partial charge in [-0.25, -0.2) is 0 Å². The molecule has 0 spiro atoms. The van der Waals surface area contributed by atoms with Crippen LogP contribution in [0.2, 0.25) is 0 Å². The first-order chi connectivity index (χ1) is 8.72. The van der Waals surface area contributed by atoms with Gasteiger partial charge in [0.25, 0.3) is 0 Å². The number of hydrogen-bond donors (Lipinski definition) is 0. The minimum Gasteiger partial charge on any atom is -0.454 e. The van der Waals surface area contributed by atoms with Crippen LogP contribution in [-0.2, 0) is 6.42 Å². The van der Waals surface area contributed by atoms with Crippen molar-refractivity contribution in [3.8, 4) is 23.0 Å². The van der Waals surface area contributed by atoms with Gasteiger partial charge in [-0.05, 0) is 24.1 Å². The van der Waals surface area contributed by atoms with Crippen LogP contribution in [0.5, 0.6) is 11.5 Å². The third kappa shape index (κ3) is 2.03. The summed E-state index contributed by atoms with van der Waals surface area (Å²) in [5.41, 5.74) is 0.849. The minimum atomic E-state index is 0.265. The number of aromatic nitrogens is 2. The molecular weight excluding hydrogens is 232 g/mol. The molecule has 0 unspecified atom stereocenters. The molecular formula is C13H14N2O3. The Kier molecular flexibility index (Phi) is 2.66. The summed E-state index contributed by atoms with van der Waals surface area (Å²) in [5.74, 6) is 3.15. The molecule has 94 valence electrons. The molecule has 18 heavy (non-hydrogen) atoms. The van der Waals surface area contributed by atoms with Crippen molar-refractivity contribution in [1.82, 2.24) is 10.2 Å². The van der Waals surface area contributed by atoms with Crippen LogP contribution >= 0.6 is 0 Å². The number of rotatable bonds is 3. The van der Waals surface area contributed by atoms with Crippen molar-refractivity contribution in [2.45, 2.75) is 20.3 Å². The Morgan fingerprint density at radius 3 is 2.83 bits per heavy atom. The van der Waals surface area contributed by atoms with Crippen LogP contribution < -0.4 is 9.47 Å². The van der Waals surface area contributed by atoms with Gasteiger partial charge < -0.3 is 13.9 Å². The topological polar surface area (TPSA) is 57.4 Å². The van der Waals surface area contributed by atoms with E-state index in [1.165, 1.54) is 0 Å². The van der Waals surface area contributed by atoms with Crippen molar-refractivity contribution in [3.63, 3.8) is 0 Å². The van der Waals surface area contributed by atoms with Crippen molar-refractivity contribution in [1.29, 1.82) is 0 Å². The maximum atomic E-state index is 5.62. The van der Waals surface area contributed by atoms with Crippen LogP contribution in [0.15, 0.2) is 22.6 Å². The summed E-state index contributed by atoms with van der Waals surface area (Å²) in [4.78, 5) is 0. The number of nitrogens with zero attached hydrogens (tertiary/aromatic N) is 2. The van der Waals surface area contributed by atoms with E-state index < -0.39 is 0 Å². The lowest BCUT2D eigenvalue weighted by Gasteiger charge is -1.99. The van der Waals surface area contributed by atoms with E-state index in [0.717, 1.165) is 23.5 Å². The SMILES string of the molecule is CC(C)Cc1nnc(-c2ccc3c(c2)OCO3)o1. The van der Waals surface area contributed by atoms with Gasteiger partial charge in [-0.3, -0.25) is 0 Å². The fourth-order valence-corrected chi connectivity index (χ4v) is 1.83.